The van der Waals surface area contributed by atoms with E-state index in [1.807, 2.05) is 51.1 Å². The van der Waals surface area contributed by atoms with Gasteiger partial charge in [0.15, 0.2) is 5.96 Å². The van der Waals surface area contributed by atoms with Gasteiger partial charge < -0.3 is 20.1 Å². The lowest BCUT2D eigenvalue weighted by atomic mass is 10.1. The largest absolute Gasteiger partial charge is 0.364 e. The van der Waals surface area contributed by atoms with Crippen LogP contribution in [0.1, 0.15) is 49.3 Å². The summed E-state index contributed by atoms with van der Waals surface area (Å²) in [6.07, 6.45) is 1.61. The number of amides is 1. The van der Waals surface area contributed by atoms with Crippen LogP contribution in [-0.4, -0.2) is 65.1 Å². The standard InChI is InChI=1S/C23H34N6O2.HI/c1-5-24-22(29-12-10-28(11-13-29)17-20-9-14-31-27-20)25-16-18-7-6-8-19(15-18)21(30)26-23(2,3)4;/h6-9,14-15H,5,10-13,16-17H2,1-4H3,(H,24,25)(H,26,30);1H. The first kappa shape index (κ1) is 26.1. The molecule has 9 heteroatoms. The number of guanidine groups is 1. The lowest BCUT2D eigenvalue weighted by Gasteiger charge is -2.36. The molecule has 0 atom stereocenters. The van der Waals surface area contributed by atoms with Gasteiger partial charge in [0, 0.05) is 56.4 Å². The van der Waals surface area contributed by atoms with Gasteiger partial charge in [-0.3, -0.25) is 9.69 Å². The number of aromatic nitrogens is 1. The van der Waals surface area contributed by atoms with Crippen LogP contribution in [0.25, 0.3) is 0 Å². The summed E-state index contributed by atoms with van der Waals surface area (Å²) in [5, 5.41) is 10.4. The maximum absolute atomic E-state index is 12.5. The van der Waals surface area contributed by atoms with E-state index in [2.05, 4.69) is 32.5 Å². The van der Waals surface area contributed by atoms with Crippen LogP contribution in [0.4, 0.5) is 0 Å². The van der Waals surface area contributed by atoms with Crippen LogP contribution in [0.15, 0.2) is 46.1 Å². The number of piperazine rings is 1. The molecule has 1 fully saturated rings. The molecule has 0 radical (unpaired) electrons. The fourth-order valence-corrected chi connectivity index (χ4v) is 3.48. The SMILES string of the molecule is CCNC(=NCc1cccc(C(=O)NC(C)(C)C)c1)N1CCN(Cc2ccon2)CC1.I. The number of carbonyl (C=O) groups excluding carboxylic acids is 1. The quantitative estimate of drug-likeness (QED) is 0.325. The molecular formula is C23H35IN6O2. The Hall–Kier alpha value is -2.14. The molecule has 32 heavy (non-hydrogen) atoms. The van der Waals surface area contributed by atoms with Gasteiger partial charge in [0.25, 0.3) is 5.91 Å². The lowest BCUT2D eigenvalue weighted by molar-refractivity contribution is 0.0919. The smallest absolute Gasteiger partial charge is 0.251 e. The Kier molecular flexibility index (Phi) is 9.95. The predicted molar refractivity (Wildman–Crippen MR) is 137 cm³/mol. The summed E-state index contributed by atoms with van der Waals surface area (Å²) >= 11 is 0. The first-order valence-corrected chi connectivity index (χ1v) is 10.9. The maximum atomic E-state index is 12.5. The molecule has 1 aromatic heterocycles. The van der Waals surface area contributed by atoms with Crippen LogP contribution in [0, 0.1) is 0 Å². The molecule has 1 saturated heterocycles. The Labute approximate surface area is 207 Å². The van der Waals surface area contributed by atoms with Crippen LogP contribution in [0.2, 0.25) is 0 Å². The number of nitrogens with zero attached hydrogens (tertiary/aromatic N) is 4. The van der Waals surface area contributed by atoms with Crippen molar-refractivity contribution in [2.45, 2.75) is 46.3 Å². The van der Waals surface area contributed by atoms with Gasteiger partial charge in [-0.15, -0.1) is 24.0 Å². The van der Waals surface area contributed by atoms with Crippen LogP contribution < -0.4 is 10.6 Å². The summed E-state index contributed by atoms with van der Waals surface area (Å²) in [5.41, 5.74) is 2.37. The average molecular weight is 554 g/mol. The van der Waals surface area contributed by atoms with E-state index in [1.165, 1.54) is 0 Å². The van der Waals surface area contributed by atoms with Crippen molar-refractivity contribution in [2.75, 3.05) is 32.7 Å². The lowest BCUT2D eigenvalue weighted by Crippen LogP contribution is -2.52. The summed E-state index contributed by atoms with van der Waals surface area (Å²) in [7, 11) is 0. The normalized spacial score (nSPS) is 15.2. The number of halogens is 1. The van der Waals surface area contributed by atoms with Crippen molar-refractivity contribution in [2.24, 2.45) is 4.99 Å². The Bertz CT molecular complexity index is 871. The number of aliphatic imine (C=N–C) groups is 1. The van der Waals surface area contributed by atoms with Crippen molar-refractivity contribution in [1.29, 1.82) is 0 Å². The van der Waals surface area contributed by atoms with Gasteiger partial charge in [0.05, 0.1) is 12.2 Å². The molecule has 176 valence electrons. The summed E-state index contributed by atoms with van der Waals surface area (Å²) in [5.74, 6) is 0.849. The van der Waals surface area contributed by atoms with Crippen LogP contribution >= 0.6 is 24.0 Å². The van der Waals surface area contributed by atoms with Crippen molar-refractivity contribution in [3.05, 3.63) is 53.4 Å². The van der Waals surface area contributed by atoms with Gasteiger partial charge >= 0.3 is 0 Å². The monoisotopic (exact) mass is 554 g/mol. The zero-order chi connectivity index (χ0) is 22.3. The minimum Gasteiger partial charge on any atom is -0.364 e. The second kappa shape index (κ2) is 12.2. The van der Waals surface area contributed by atoms with E-state index >= 15 is 0 Å². The Balaban J connectivity index is 0.00000363. The summed E-state index contributed by atoms with van der Waals surface area (Å²) in [6, 6.07) is 9.60. The van der Waals surface area contributed by atoms with Crippen molar-refractivity contribution >= 4 is 35.8 Å². The van der Waals surface area contributed by atoms with Crippen LogP contribution in [0.5, 0.6) is 0 Å². The third kappa shape index (κ3) is 8.09. The van der Waals surface area contributed by atoms with Gasteiger partial charge in [0.1, 0.15) is 6.26 Å². The molecule has 1 aliphatic rings. The number of hydrogen-bond acceptors (Lipinski definition) is 5. The minimum atomic E-state index is -0.265. The fraction of sp³-hybridized carbons (Fsp3) is 0.522. The van der Waals surface area contributed by atoms with Crippen molar-refractivity contribution < 1.29 is 9.32 Å². The Morgan fingerprint density at radius 1 is 1.19 bits per heavy atom. The zero-order valence-corrected chi connectivity index (χ0v) is 21.8. The summed E-state index contributed by atoms with van der Waals surface area (Å²) in [6.45, 7) is 13.8. The molecule has 0 unspecified atom stereocenters. The van der Waals surface area contributed by atoms with E-state index in [0.717, 1.165) is 56.5 Å². The third-order valence-electron chi connectivity index (χ3n) is 4.97. The van der Waals surface area contributed by atoms with Gasteiger partial charge in [-0.2, -0.15) is 0 Å². The van der Waals surface area contributed by atoms with Gasteiger partial charge in [-0.25, -0.2) is 4.99 Å². The maximum Gasteiger partial charge on any atom is 0.251 e. The number of rotatable bonds is 6. The molecule has 3 rings (SSSR count). The zero-order valence-electron chi connectivity index (χ0n) is 19.4. The molecule has 1 aromatic carbocycles. The van der Waals surface area contributed by atoms with Crippen LogP contribution in [0.3, 0.4) is 0 Å². The van der Waals surface area contributed by atoms with Gasteiger partial charge in [0.2, 0.25) is 0 Å². The molecule has 1 aliphatic heterocycles. The third-order valence-corrected chi connectivity index (χ3v) is 4.97. The van der Waals surface area contributed by atoms with Gasteiger partial charge in [-0.1, -0.05) is 17.3 Å². The highest BCUT2D eigenvalue weighted by molar-refractivity contribution is 14.0. The average Bonchev–Trinajstić information content (AvgIpc) is 3.24. The van der Waals surface area contributed by atoms with Gasteiger partial charge in [-0.05, 0) is 45.4 Å². The number of hydrogen-bond donors (Lipinski definition) is 2. The van der Waals surface area contributed by atoms with E-state index < -0.39 is 0 Å². The van der Waals surface area contributed by atoms with Crippen molar-refractivity contribution in [1.82, 2.24) is 25.6 Å². The molecule has 1 amide bonds. The van der Waals surface area contributed by atoms with E-state index in [9.17, 15) is 4.79 Å². The first-order valence-electron chi connectivity index (χ1n) is 10.9. The number of carbonyl (C=O) groups is 1. The van der Waals surface area contributed by atoms with E-state index in [-0.39, 0.29) is 35.4 Å². The van der Waals surface area contributed by atoms with Crippen molar-refractivity contribution in [3.63, 3.8) is 0 Å². The second-order valence-electron chi connectivity index (χ2n) is 8.83. The number of nitrogens with one attached hydrogen (secondary N) is 2. The summed E-state index contributed by atoms with van der Waals surface area (Å²) < 4.78 is 4.93. The second-order valence-corrected chi connectivity index (χ2v) is 8.83. The Morgan fingerprint density at radius 2 is 1.94 bits per heavy atom. The highest BCUT2D eigenvalue weighted by atomic mass is 127. The topological polar surface area (TPSA) is 86.0 Å². The van der Waals surface area contributed by atoms with Crippen molar-refractivity contribution in [3.8, 4) is 0 Å². The molecule has 0 spiro atoms. The highest BCUT2D eigenvalue weighted by Gasteiger charge is 2.20. The van der Waals surface area contributed by atoms with E-state index in [1.54, 1.807) is 6.26 Å². The fourth-order valence-electron chi connectivity index (χ4n) is 3.48. The minimum absolute atomic E-state index is 0. The molecule has 2 N–H and O–H groups in total. The van der Waals surface area contributed by atoms with E-state index in [4.69, 9.17) is 9.52 Å². The molecule has 0 aliphatic carbocycles. The summed E-state index contributed by atoms with van der Waals surface area (Å²) in [4.78, 5) is 22.0. The predicted octanol–water partition coefficient (Wildman–Crippen LogP) is 3.10. The molecule has 2 aromatic rings. The van der Waals surface area contributed by atoms with E-state index in [0.29, 0.717) is 12.1 Å². The first-order chi connectivity index (χ1) is 14.8. The van der Waals surface area contributed by atoms with Crippen LogP contribution in [-0.2, 0) is 13.1 Å². The molecule has 0 bridgehead atoms. The molecule has 8 nitrogen and oxygen atoms in total. The highest BCUT2D eigenvalue weighted by Crippen LogP contribution is 2.11. The molecule has 2 heterocycles. The number of benzene rings is 1. The Morgan fingerprint density at radius 3 is 2.56 bits per heavy atom. The molecular weight excluding hydrogens is 519 g/mol. The molecule has 0 saturated carbocycles.